The molecular weight excluding hydrogens is 327 g/mol. The van der Waals surface area contributed by atoms with Crippen LogP contribution in [0, 0.1) is 0 Å². The van der Waals surface area contributed by atoms with Crippen LogP contribution >= 0.6 is 0 Å². The number of aromatic amines is 1. The van der Waals surface area contributed by atoms with Gasteiger partial charge in [-0.3, -0.25) is 23.9 Å². The highest BCUT2D eigenvalue weighted by molar-refractivity contribution is 5.66. The molecule has 1 aliphatic rings. The van der Waals surface area contributed by atoms with Gasteiger partial charge in [-0.25, -0.2) is 9.18 Å². The second kappa shape index (κ2) is 6.56. The molecule has 1 aromatic rings. The molecule has 0 radical (unpaired) electrons. The lowest BCUT2D eigenvalue weighted by atomic mass is 9.98. The van der Waals surface area contributed by atoms with Gasteiger partial charge in [0.15, 0.2) is 18.0 Å². The van der Waals surface area contributed by atoms with Crippen LogP contribution in [0.5, 0.6) is 0 Å². The van der Waals surface area contributed by atoms with Gasteiger partial charge in [-0.05, 0) is 6.92 Å². The average molecular weight is 344 g/mol. The van der Waals surface area contributed by atoms with Crippen molar-refractivity contribution >= 4 is 11.9 Å². The summed E-state index contributed by atoms with van der Waals surface area (Å²) in [5.41, 5.74) is -3.84. The number of hydrogen-bond acceptors (Lipinski definition) is 7. The molecule has 4 atom stereocenters. The number of carbonyl (C=O) groups excluding carboxylic acids is 2. The van der Waals surface area contributed by atoms with Crippen molar-refractivity contribution in [3.8, 4) is 0 Å². The fraction of sp³-hybridized carbons (Fsp3) is 0.571. The summed E-state index contributed by atoms with van der Waals surface area (Å²) in [5.74, 6) is -1.37. The summed E-state index contributed by atoms with van der Waals surface area (Å²) < 4.78 is 31.3. The van der Waals surface area contributed by atoms with Crippen LogP contribution in [0.25, 0.3) is 0 Å². The van der Waals surface area contributed by atoms with E-state index in [1.165, 1.54) is 0 Å². The van der Waals surface area contributed by atoms with E-state index in [1.54, 1.807) is 0 Å². The first-order valence-electron chi connectivity index (χ1n) is 7.09. The van der Waals surface area contributed by atoms with E-state index in [1.807, 2.05) is 4.98 Å². The van der Waals surface area contributed by atoms with Crippen LogP contribution in [0.3, 0.4) is 0 Å². The van der Waals surface area contributed by atoms with Crippen molar-refractivity contribution in [3.05, 3.63) is 33.1 Å². The number of nitrogens with zero attached hydrogens (tertiary/aromatic N) is 1. The van der Waals surface area contributed by atoms with E-state index in [2.05, 4.69) is 0 Å². The highest BCUT2D eigenvalue weighted by Crippen LogP contribution is 2.42. The van der Waals surface area contributed by atoms with Crippen molar-refractivity contribution in [3.63, 3.8) is 0 Å². The van der Waals surface area contributed by atoms with Crippen molar-refractivity contribution in [2.75, 3.05) is 6.61 Å². The molecule has 1 N–H and O–H groups in total. The molecule has 1 fully saturated rings. The van der Waals surface area contributed by atoms with Crippen LogP contribution in [0.1, 0.15) is 27.0 Å². The molecule has 0 saturated carbocycles. The summed E-state index contributed by atoms with van der Waals surface area (Å²) in [7, 11) is 0. The number of carbonyl (C=O) groups is 2. The van der Waals surface area contributed by atoms with Gasteiger partial charge in [0.05, 0.1) is 0 Å². The molecule has 0 bridgehead atoms. The first kappa shape index (κ1) is 17.9. The highest BCUT2D eigenvalue weighted by atomic mass is 19.1. The Hall–Kier alpha value is -2.49. The van der Waals surface area contributed by atoms with Crippen molar-refractivity contribution < 1.29 is 28.2 Å². The Bertz CT molecular complexity index is 754. The normalized spacial score (nSPS) is 29.2. The Labute approximate surface area is 135 Å². The zero-order chi connectivity index (χ0) is 18.1. The lowest BCUT2D eigenvalue weighted by molar-refractivity contribution is -0.158. The van der Waals surface area contributed by atoms with Crippen LogP contribution in [-0.2, 0) is 23.8 Å². The number of esters is 2. The van der Waals surface area contributed by atoms with Crippen molar-refractivity contribution in [2.24, 2.45) is 0 Å². The Kier molecular flexibility index (Phi) is 4.88. The third-order valence-electron chi connectivity index (χ3n) is 3.53. The van der Waals surface area contributed by atoms with Crippen LogP contribution in [0.15, 0.2) is 21.9 Å². The minimum absolute atomic E-state index is 0.360. The van der Waals surface area contributed by atoms with Gasteiger partial charge in [-0.15, -0.1) is 0 Å². The van der Waals surface area contributed by atoms with Gasteiger partial charge in [0.25, 0.3) is 5.56 Å². The molecule has 0 aliphatic carbocycles. The summed E-state index contributed by atoms with van der Waals surface area (Å²) >= 11 is 0. The Morgan fingerprint density at radius 3 is 2.58 bits per heavy atom. The molecular formula is C14H17FN2O7. The third-order valence-corrected chi connectivity index (χ3v) is 3.53. The summed E-state index contributed by atoms with van der Waals surface area (Å²) in [5, 5.41) is 0. The number of rotatable bonds is 4. The van der Waals surface area contributed by atoms with Crippen LogP contribution in [0.4, 0.5) is 4.39 Å². The summed E-state index contributed by atoms with van der Waals surface area (Å²) in [4.78, 5) is 47.2. The van der Waals surface area contributed by atoms with E-state index in [0.717, 1.165) is 37.6 Å². The van der Waals surface area contributed by atoms with E-state index in [-0.39, 0.29) is 6.61 Å². The summed E-state index contributed by atoms with van der Waals surface area (Å²) in [6.07, 6.45) is -2.93. The fourth-order valence-corrected chi connectivity index (χ4v) is 2.52. The number of nitrogens with one attached hydrogen (secondary N) is 1. The molecule has 24 heavy (non-hydrogen) atoms. The number of ether oxygens (including phenoxy) is 3. The van der Waals surface area contributed by atoms with Gasteiger partial charge in [0.2, 0.25) is 0 Å². The summed E-state index contributed by atoms with van der Waals surface area (Å²) in [6, 6.07) is 1.03. The topological polar surface area (TPSA) is 117 Å². The largest absolute Gasteiger partial charge is 0.463 e. The van der Waals surface area contributed by atoms with Gasteiger partial charge in [-0.2, -0.15) is 0 Å². The quantitative estimate of drug-likeness (QED) is 0.742. The fourth-order valence-electron chi connectivity index (χ4n) is 2.52. The smallest absolute Gasteiger partial charge is 0.330 e. The SMILES string of the molecule is CC(=O)OC[C@H]1O[C@@H](n2ccc(=O)[nH]c2=O)[C@@](C)(F)C1OC(C)=O. The predicted molar refractivity (Wildman–Crippen MR) is 76.9 cm³/mol. The lowest BCUT2D eigenvalue weighted by Gasteiger charge is -2.27. The minimum Gasteiger partial charge on any atom is -0.463 e. The van der Waals surface area contributed by atoms with Gasteiger partial charge >= 0.3 is 17.6 Å². The molecule has 10 heteroatoms. The Morgan fingerprint density at radius 1 is 1.38 bits per heavy atom. The van der Waals surface area contributed by atoms with E-state index in [9.17, 15) is 19.2 Å². The molecule has 1 aliphatic heterocycles. The predicted octanol–water partition coefficient (Wildman–Crippen LogP) is -0.343. The molecule has 132 valence electrons. The molecule has 2 heterocycles. The molecule has 0 amide bonds. The number of alkyl halides is 1. The third kappa shape index (κ3) is 3.53. The molecule has 9 nitrogen and oxygen atoms in total. The van der Waals surface area contributed by atoms with E-state index in [0.29, 0.717) is 0 Å². The standard InChI is InChI=1S/C14H17FN2O7/c1-7(18)22-6-9-11(23-8(2)19)14(3,15)12(24-9)17-5-4-10(20)16-13(17)21/h4-5,9,11-12H,6H2,1-3H3,(H,16,20,21)/t9-,11?,12-,14+/m1/s1. The molecule has 1 saturated heterocycles. The monoisotopic (exact) mass is 344 g/mol. The maximum absolute atomic E-state index is 15.2. The zero-order valence-electron chi connectivity index (χ0n) is 13.3. The number of hydrogen-bond donors (Lipinski definition) is 1. The number of halogens is 1. The van der Waals surface area contributed by atoms with Crippen molar-refractivity contribution in [1.82, 2.24) is 9.55 Å². The van der Waals surface area contributed by atoms with Gasteiger partial charge in [0, 0.05) is 26.1 Å². The minimum atomic E-state index is -2.31. The first-order chi connectivity index (χ1) is 11.1. The number of H-pyrrole nitrogens is 1. The summed E-state index contributed by atoms with van der Waals surface area (Å²) in [6.45, 7) is 2.99. The molecule has 0 spiro atoms. The maximum atomic E-state index is 15.2. The van der Waals surface area contributed by atoms with E-state index in [4.69, 9.17) is 14.2 Å². The van der Waals surface area contributed by atoms with E-state index < -0.39 is 47.3 Å². The second-order valence-corrected chi connectivity index (χ2v) is 5.53. The molecule has 2 rings (SSSR count). The Balaban J connectivity index is 2.38. The molecule has 1 aromatic heterocycles. The average Bonchev–Trinajstić information content (AvgIpc) is 2.68. The second-order valence-electron chi connectivity index (χ2n) is 5.53. The van der Waals surface area contributed by atoms with Gasteiger partial charge < -0.3 is 14.2 Å². The van der Waals surface area contributed by atoms with Crippen LogP contribution < -0.4 is 11.2 Å². The van der Waals surface area contributed by atoms with Gasteiger partial charge in [0.1, 0.15) is 12.7 Å². The lowest BCUT2D eigenvalue weighted by Crippen LogP contribution is -2.46. The number of aromatic nitrogens is 2. The van der Waals surface area contributed by atoms with E-state index >= 15 is 4.39 Å². The van der Waals surface area contributed by atoms with Crippen LogP contribution in [0.2, 0.25) is 0 Å². The molecule has 1 unspecified atom stereocenters. The Morgan fingerprint density at radius 2 is 2.04 bits per heavy atom. The highest BCUT2D eigenvalue weighted by Gasteiger charge is 2.58. The molecule has 0 aromatic carbocycles. The van der Waals surface area contributed by atoms with Crippen molar-refractivity contribution in [2.45, 2.75) is 44.9 Å². The zero-order valence-corrected chi connectivity index (χ0v) is 13.3. The van der Waals surface area contributed by atoms with Crippen LogP contribution in [-0.4, -0.2) is 46.0 Å². The maximum Gasteiger partial charge on any atom is 0.330 e. The first-order valence-corrected chi connectivity index (χ1v) is 7.09. The van der Waals surface area contributed by atoms with Crippen molar-refractivity contribution in [1.29, 1.82) is 0 Å². The van der Waals surface area contributed by atoms with Gasteiger partial charge in [-0.1, -0.05) is 0 Å².